The zero-order chi connectivity index (χ0) is 14.3. The van der Waals surface area contributed by atoms with Gasteiger partial charge in [0.2, 0.25) is 0 Å². The molecule has 0 saturated heterocycles. The Hall–Kier alpha value is -1.30. The number of nitrogen functional groups attached to an aromatic ring is 1. The van der Waals surface area contributed by atoms with E-state index in [2.05, 4.69) is 26.2 Å². The Labute approximate surface area is 133 Å². The third-order valence-corrected chi connectivity index (χ3v) is 5.01. The summed E-state index contributed by atoms with van der Waals surface area (Å²) in [4.78, 5) is 4.48. The highest BCUT2D eigenvalue weighted by Gasteiger charge is 2.07. The van der Waals surface area contributed by atoms with Crippen LogP contribution in [0.4, 0.5) is 17.1 Å². The van der Waals surface area contributed by atoms with E-state index in [1.807, 2.05) is 37.3 Å². The van der Waals surface area contributed by atoms with Crippen molar-refractivity contribution in [3.8, 4) is 0 Å². The predicted molar refractivity (Wildman–Crippen MR) is 91.2 cm³/mol. The molecule has 0 unspecified atom stereocenters. The maximum absolute atomic E-state index is 6.09. The molecule has 0 aliphatic rings. The van der Waals surface area contributed by atoms with Gasteiger partial charge in [0.15, 0.2) is 0 Å². The second-order valence-corrected chi connectivity index (χ2v) is 6.89. The van der Waals surface area contributed by atoms with E-state index in [4.69, 9.17) is 17.3 Å². The van der Waals surface area contributed by atoms with Crippen molar-refractivity contribution in [2.75, 3.05) is 11.1 Å². The van der Waals surface area contributed by atoms with Crippen LogP contribution < -0.4 is 11.1 Å². The maximum atomic E-state index is 6.09. The van der Waals surface area contributed by atoms with E-state index in [0.717, 1.165) is 31.1 Å². The molecule has 20 heavy (non-hydrogen) atoms. The van der Waals surface area contributed by atoms with Crippen LogP contribution in [0.25, 0.3) is 10.2 Å². The van der Waals surface area contributed by atoms with Gasteiger partial charge in [0.1, 0.15) is 0 Å². The Balaban J connectivity index is 2.00. The van der Waals surface area contributed by atoms with Gasteiger partial charge < -0.3 is 11.1 Å². The molecule has 6 heteroatoms. The lowest BCUT2D eigenvalue weighted by atomic mass is 10.2. The fourth-order valence-electron chi connectivity index (χ4n) is 1.94. The van der Waals surface area contributed by atoms with Crippen molar-refractivity contribution in [2.45, 2.75) is 6.92 Å². The number of nitrogens with two attached hydrogens (primary N) is 1. The van der Waals surface area contributed by atoms with Gasteiger partial charge in [-0.15, -0.1) is 11.3 Å². The molecule has 0 amide bonds. The number of benzene rings is 2. The highest BCUT2D eigenvalue weighted by atomic mass is 79.9. The summed E-state index contributed by atoms with van der Waals surface area (Å²) in [6, 6.07) is 9.57. The number of hydrogen-bond donors (Lipinski definition) is 2. The van der Waals surface area contributed by atoms with Crippen LogP contribution in [0.3, 0.4) is 0 Å². The van der Waals surface area contributed by atoms with Crippen LogP contribution in [0.5, 0.6) is 0 Å². The van der Waals surface area contributed by atoms with Crippen LogP contribution in [0.15, 0.2) is 34.8 Å². The van der Waals surface area contributed by atoms with Crippen LogP contribution in [0.2, 0.25) is 5.02 Å². The average molecular weight is 369 g/mol. The van der Waals surface area contributed by atoms with Gasteiger partial charge in [-0.05, 0) is 53.2 Å². The molecule has 3 aromatic rings. The van der Waals surface area contributed by atoms with Crippen LogP contribution >= 0.6 is 38.9 Å². The number of anilines is 3. The Kier molecular flexibility index (Phi) is 3.58. The zero-order valence-corrected chi connectivity index (χ0v) is 13.7. The summed E-state index contributed by atoms with van der Waals surface area (Å²) in [5.41, 5.74) is 9.51. The lowest BCUT2D eigenvalue weighted by Crippen LogP contribution is -1.96. The van der Waals surface area contributed by atoms with Gasteiger partial charge in [0.25, 0.3) is 0 Å². The summed E-state index contributed by atoms with van der Waals surface area (Å²) in [7, 11) is 0. The number of halogens is 2. The molecule has 0 saturated carbocycles. The summed E-state index contributed by atoms with van der Waals surface area (Å²) >= 11 is 11.0. The SMILES string of the molecule is Cc1nc2cc(Nc3ccc(Cl)c(Br)c3)c(N)cc2s1. The van der Waals surface area contributed by atoms with Crippen LogP contribution in [0, 0.1) is 6.92 Å². The maximum Gasteiger partial charge on any atom is 0.0907 e. The van der Waals surface area contributed by atoms with E-state index in [0.29, 0.717) is 10.7 Å². The first kappa shape index (κ1) is 13.7. The Morgan fingerprint density at radius 3 is 2.85 bits per heavy atom. The first-order chi connectivity index (χ1) is 9.52. The number of nitrogens with zero attached hydrogens (tertiary/aromatic N) is 1. The molecule has 0 aliphatic heterocycles. The van der Waals surface area contributed by atoms with Crippen molar-refractivity contribution >= 4 is 66.1 Å². The molecule has 3 N–H and O–H groups in total. The van der Waals surface area contributed by atoms with E-state index in [-0.39, 0.29) is 0 Å². The molecular formula is C14H11BrClN3S. The molecule has 3 rings (SSSR count). The number of hydrogen-bond acceptors (Lipinski definition) is 4. The smallest absolute Gasteiger partial charge is 0.0907 e. The van der Waals surface area contributed by atoms with Crippen molar-refractivity contribution in [3.63, 3.8) is 0 Å². The molecule has 0 fully saturated rings. The number of nitrogens with one attached hydrogen (secondary N) is 1. The van der Waals surface area contributed by atoms with Crippen molar-refractivity contribution in [1.29, 1.82) is 0 Å². The molecule has 0 radical (unpaired) electrons. The van der Waals surface area contributed by atoms with Gasteiger partial charge in [-0.2, -0.15) is 0 Å². The van der Waals surface area contributed by atoms with Crippen LogP contribution in [0.1, 0.15) is 5.01 Å². The largest absolute Gasteiger partial charge is 0.397 e. The fraction of sp³-hybridized carbons (Fsp3) is 0.0714. The summed E-state index contributed by atoms with van der Waals surface area (Å²) < 4.78 is 1.94. The lowest BCUT2D eigenvalue weighted by molar-refractivity contribution is 1.35. The molecule has 2 aromatic carbocycles. The monoisotopic (exact) mass is 367 g/mol. The van der Waals surface area contributed by atoms with Crippen LogP contribution in [-0.2, 0) is 0 Å². The van der Waals surface area contributed by atoms with Gasteiger partial charge in [-0.3, -0.25) is 0 Å². The molecule has 0 aliphatic carbocycles. The highest BCUT2D eigenvalue weighted by molar-refractivity contribution is 9.10. The van der Waals surface area contributed by atoms with Gasteiger partial charge in [0, 0.05) is 10.2 Å². The van der Waals surface area contributed by atoms with E-state index < -0.39 is 0 Å². The molecule has 1 heterocycles. The summed E-state index contributed by atoms with van der Waals surface area (Å²) in [6.45, 7) is 1.99. The first-order valence-corrected chi connectivity index (χ1v) is 7.90. The lowest BCUT2D eigenvalue weighted by Gasteiger charge is -2.10. The molecule has 1 aromatic heterocycles. The second kappa shape index (κ2) is 5.24. The summed E-state index contributed by atoms with van der Waals surface area (Å²) in [6.07, 6.45) is 0. The average Bonchev–Trinajstić information content (AvgIpc) is 2.73. The Bertz CT molecular complexity index is 800. The first-order valence-electron chi connectivity index (χ1n) is 5.91. The molecule has 0 atom stereocenters. The highest BCUT2D eigenvalue weighted by Crippen LogP contribution is 2.33. The number of aromatic nitrogens is 1. The zero-order valence-electron chi connectivity index (χ0n) is 10.6. The second-order valence-electron chi connectivity index (χ2n) is 4.39. The van der Waals surface area contributed by atoms with Gasteiger partial charge >= 0.3 is 0 Å². The topological polar surface area (TPSA) is 50.9 Å². The van der Waals surface area contributed by atoms with Crippen molar-refractivity contribution < 1.29 is 0 Å². The fourth-order valence-corrected chi connectivity index (χ4v) is 3.30. The molecule has 0 spiro atoms. The minimum absolute atomic E-state index is 0.675. The number of rotatable bonds is 2. The minimum Gasteiger partial charge on any atom is -0.397 e. The normalized spacial score (nSPS) is 10.9. The van der Waals surface area contributed by atoms with Gasteiger partial charge in [-0.1, -0.05) is 11.6 Å². The van der Waals surface area contributed by atoms with Crippen LogP contribution in [-0.4, -0.2) is 4.98 Å². The third kappa shape index (κ3) is 2.61. The third-order valence-electron chi connectivity index (χ3n) is 2.87. The molecule has 3 nitrogen and oxygen atoms in total. The number of aryl methyl sites for hydroxylation is 1. The Morgan fingerprint density at radius 2 is 2.10 bits per heavy atom. The van der Waals surface area contributed by atoms with E-state index in [1.54, 1.807) is 11.3 Å². The van der Waals surface area contributed by atoms with Crippen molar-refractivity contribution in [1.82, 2.24) is 4.98 Å². The van der Waals surface area contributed by atoms with Gasteiger partial charge in [-0.25, -0.2) is 4.98 Å². The van der Waals surface area contributed by atoms with E-state index >= 15 is 0 Å². The minimum atomic E-state index is 0.675. The Morgan fingerprint density at radius 1 is 1.30 bits per heavy atom. The van der Waals surface area contributed by atoms with E-state index in [9.17, 15) is 0 Å². The van der Waals surface area contributed by atoms with Gasteiger partial charge in [0.05, 0.1) is 31.6 Å². The molecule has 102 valence electrons. The number of fused-ring (bicyclic) bond motifs is 1. The summed E-state index contributed by atoms with van der Waals surface area (Å²) in [5.74, 6) is 0. The summed E-state index contributed by atoms with van der Waals surface area (Å²) in [5, 5.41) is 5.00. The molecule has 0 bridgehead atoms. The quantitative estimate of drug-likeness (QED) is 0.600. The van der Waals surface area contributed by atoms with Crippen molar-refractivity contribution in [2.24, 2.45) is 0 Å². The standard InChI is InChI=1S/C14H11BrClN3S/c1-7-18-13-6-12(11(17)5-14(13)20-7)19-8-2-3-10(16)9(15)4-8/h2-6,19H,17H2,1H3. The van der Waals surface area contributed by atoms with E-state index in [1.165, 1.54) is 0 Å². The number of thiazole rings is 1. The molecular weight excluding hydrogens is 358 g/mol. The van der Waals surface area contributed by atoms with Crippen molar-refractivity contribution in [3.05, 3.63) is 44.8 Å². The predicted octanol–water partition coefficient (Wildman–Crippen LogP) is 5.35.